The van der Waals surface area contributed by atoms with E-state index in [9.17, 15) is 4.79 Å². The minimum atomic E-state index is -0.332. The molecule has 4 rings (SSSR count). The van der Waals surface area contributed by atoms with Crippen molar-refractivity contribution in [3.8, 4) is 5.69 Å². The normalized spacial score (nSPS) is 16.3. The number of aryl methyl sites for hydroxylation is 1. The Morgan fingerprint density at radius 2 is 2.10 bits per heavy atom. The minimum Gasteiger partial charge on any atom is -0.469 e. The Balaban J connectivity index is 1.94. The van der Waals surface area contributed by atoms with Crippen molar-refractivity contribution < 1.29 is 9.53 Å². The average Bonchev–Trinajstić information content (AvgIpc) is 3.05. The molecule has 2 atom stereocenters. The summed E-state index contributed by atoms with van der Waals surface area (Å²) in [6.07, 6.45) is 4.04. The first kappa shape index (κ1) is 19.3. The summed E-state index contributed by atoms with van der Waals surface area (Å²) in [7, 11) is 1.40. The number of aliphatic imine (C=N–C) groups is 1. The number of hydrogen-bond acceptors (Lipinski definition) is 5. The van der Waals surface area contributed by atoms with E-state index in [-0.39, 0.29) is 17.9 Å². The largest absolute Gasteiger partial charge is 0.469 e. The number of halogens is 1. The third kappa shape index (κ3) is 3.56. The minimum absolute atomic E-state index is 0.265. The van der Waals surface area contributed by atoms with E-state index < -0.39 is 0 Å². The van der Waals surface area contributed by atoms with Crippen LogP contribution in [0.25, 0.3) is 5.69 Å². The molecule has 0 radical (unpaired) electrons. The van der Waals surface area contributed by atoms with Gasteiger partial charge in [0.15, 0.2) is 0 Å². The first-order valence-electron chi connectivity index (χ1n) is 9.41. The second kappa shape index (κ2) is 7.79. The average molecular weight is 409 g/mol. The smallest absolute Gasteiger partial charge is 0.308 e. The number of imidazole rings is 1. The van der Waals surface area contributed by atoms with Gasteiger partial charge in [0.25, 0.3) is 0 Å². The molecular formula is C22H21ClN4O2. The van der Waals surface area contributed by atoms with Crippen molar-refractivity contribution in [2.45, 2.75) is 26.3 Å². The van der Waals surface area contributed by atoms with Crippen LogP contribution < -0.4 is 0 Å². The van der Waals surface area contributed by atoms with E-state index >= 15 is 0 Å². The van der Waals surface area contributed by atoms with Crippen molar-refractivity contribution in [1.29, 1.82) is 0 Å². The molecule has 0 amide bonds. The molecule has 0 aliphatic carbocycles. The molecule has 3 heterocycles. The Bertz CT molecular complexity index is 1090. The van der Waals surface area contributed by atoms with Crippen LogP contribution in [0.3, 0.4) is 0 Å². The summed E-state index contributed by atoms with van der Waals surface area (Å²) in [4.78, 5) is 26.3. The predicted octanol–water partition coefficient (Wildman–Crippen LogP) is 4.32. The van der Waals surface area contributed by atoms with Gasteiger partial charge < -0.3 is 4.74 Å². The highest BCUT2D eigenvalue weighted by atomic mass is 35.5. The zero-order chi connectivity index (χ0) is 20.5. The number of carbonyl (C=O) groups excluding carboxylic acids is 1. The van der Waals surface area contributed by atoms with Gasteiger partial charge in [0.05, 0.1) is 30.1 Å². The fraction of sp³-hybridized carbons (Fsp3) is 0.273. The molecule has 0 N–H and O–H groups in total. The molecule has 1 aliphatic heterocycles. The zero-order valence-corrected chi connectivity index (χ0v) is 17.2. The molecule has 148 valence electrons. The van der Waals surface area contributed by atoms with Crippen molar-refractivity contribution in [3.05, 3.63) is 76.6 Å². The summed E-state index contributed by atoms with van der Waals surface area (Å²) in [5.41, 5.74) is 4.28. The number of benzene rings is 1. The highest BCUT2D eigenvalue weighted by Crippen LogP contribution is 2.35. The summed E-state index contributed by atoms with van der Waals surface area (Å²) in [6, 6.07) is 11.1. The van der Waals surface area contributed by atoms with Crippen molar-refractivity contribution in [3.63, 3.8) is 0 Å². The number of esters is 1. The van der Waals surface area contributed by atoms with Gasteiger partial charge in [-0.2, -0.15) is 0 Å². The molecule has 7 heteroatoms. The van der Waals surface area contributed by atoms with Gasteiger partial charge in [-0.1, -0.05) is 24.6 Å². The SMILES string of the molecule is COC(=O)[C@@H](C)C[C@@H]1N=C(c2ccccn2)c2cc(Cl)ccc2-n2c(C)cnc21. The van der Waals surface area contributed by atoms with E-state index in [2.05, 4.69) is 14.5 Å². The molecule has 1 aromatic carbocycles. The van der Waals surface area contributed by atoms with Gasteiger partial charge in [-0.05, 0) is 43.7 Å². The van der Waals surface area contributed by atoms with E-state index in [1.165, 1.54) is 7.11 Å². The van der Waals surface area contributed by atoms with E-state index in [0.717, 1.165) is 34.2 Å². The Hall–Kier alpha value is -2.99. The number of fused-ring (bicyclic) bond motifs is 3. The van der Waals surface area contributed by atoms with Gasteiger partial charge in [0.2, 0.25) is 0 Å². The molecule has 6 nitrogen and oxygen atoms in total. The Labute approximate surface area is 174 Å². The molecule has 0 bridgehead atoms. The first-order chi connectivity index (χ1) is 14.0. The Kier molecular flexibility index (Phi) is 5.20. The molecule has 0 saturated heterocycles. The van der Waals surface area contributed by atoms with Crippen LogP contribution >= 0.6 is 11.6 Å². The van der Waals surface area contributed by atoms with E-state index in [0.29, 0.717) is 11.4 Å². The van der Waals surface area contributed by atoms with Crippen LogP contribution in [0, 0.1) is 12.8 Å². The summed E-state index contributed by atoms with van der Waals surface area (Å²) in [5, 5.41) is 0.619. The van der Waals surface area contributed by atoms with Gasteiger partial charge in [0.1, 0.15) is 11.9 Å². The number of nitrogens with zero attached hydrogens (tertiary/aromatic N) is 4. The zero-order valence-electron chi connectivity index (χ0n) is 16.5. The van der Waals surface area contributed by atoms with Crippen molar-refractivity contribution in [1.82, 2.24) is 14.5 Å². The van der Waals surface area contributed by atoms with Gasteiger partial charge in [0, 0.05) is 28.7 Å². The molecule has 0 saturated carbocycles. The second-order valence-electron chi connectivity index (χ2n) is 7.12. The Morgan fingerprint density at radius 3 is 2.83 bits per heavy atom. The van der Waals surface area contributed by atoms with Crippen LogP contribution in [-0.2, 0) is 9.53 Å². The van der Waals surface area contributed by atoms with Crippen molar-refractivity contribution in [2.24, 2.45) is 10.9 Å². The summed E-state index contributed by atoms with van der Waals surface area (Å²) < 4.78 is 7.01. The molecule has 29 heavy (non-hydrogen) atoms. The number of ether oxygens (including phenoxy) is 1. The maximum Gasteiger partial charge on any atom is 0.308 e. The second-order valence-corrected chi connectivity index (χ2v) is 7.56. The maximum absolute atomic E-state index is 12.1. The van der Waals surface area contributed by atoms with E-state index in [1.807, 2.05) is 56.4 Å². The van der Waals surface area contributed by atoms with Gasteiger partial charge in [-0.25, -0.2) is 4.98 Å². The fourth-order valence-electron chi connectivity index (χ4n) is 3.68. The lowest BCUT2D eigenvalue weighted by Crippen LogP contribution is -2.17. The number of aromatic nitrogens is 3. The number of carbonyl (C=O) groups is 1. The van der Waals surface area contributed by atoms with Crippen LogP contribution in [0.15, 0.2) is 53.8 Å². The molecule has 0 spiro atoms. The molecule has 1 aliphatic rings. The predicted molar refractivity (Wildman–Crippen MR) is 112 cm³/mol. The number of methoxy groups -OCH3 is 1. The Morgan fingerprint density at radius 1 is 1.28 bits per heavy atom. The van der Waals surface area contributed by atoms with Crippen LogP contribution in [0.2, 0.25) is 5.02 Å². The maximum atomic E-state index is 12.1. The van der Waals surface area contributed by atoms with E-state index in [1.54, 1.807) is 6.20 Å². The molecule has 0 fully saturated rings. The summed E-state index contributed by atoms with van der Waals surface area (Å²) in [6.45, 7) is 3.85. The monoisotopic (exact) mass is 408 g/mol. The van der Waals surface area contributed by atoms with Crippen molar-refractivity contribution >= 4 is 23.3 Å². The van der Waals surface area contributed by atoms with Gasteiger partial charge >= 0.3 is 5.97 Å². The van der Waals surface area contributed by atoms with Crippen LogP contribution in [-0.4, -0.2) is 33.3 Å². The summed E-state index contributed by atoms with van der Waals surface area (Å²) in [5.74, 6) is 0.195. The first-order valence-corrected chi connectivity index (χ1v) is 9.79. The molecular weight excluding hydrogens is 388 g/mol. The number of rotatable bonds is 4. The molecule has 3 aromatic rings. The van der Waals surface area contributed by atoms with Gasteiger partial charge in [-0.3, -0.25) is 19.3 Å². The lowest BCUT2D eigenvalue weighted by atomic mass is 10.0. The van der Waals surface area contributed by atoms with Crippen LogP contribution in [0.4, 0.5) is 0 Å². The highest BCUT2D eigenvalue weighted by molar-refractivity contribution is 6.31. The van der Waals surface area contributed by atoms with Gasteiger partial charge in [-0.15, -0.1) is 0 Å². The fourth-order valence-corrected chi connectivity index (χ4v) is 3.85. The van der Waals surface area contributed by atoms with E-state index in [4.69, 9.17) is 21.3 Å². The topological polar surface area (TPSA) is 69.4 Å². The quantitative estimate of drug-likeness (QED) is 0.603. The van der Waals surface area contributed by atoms with Crippen LogP contribution in [0.5, 0.6) is 0 Å². The standard InChI is InChI=1S/C22H21ClN4O2/c1-13(22(28)29-3)10-18-21-25-12-14(2)27(21)19-8-7-15(23)11-16(19)20(26-18)17-6-4-5-9-24-17/h4-9,11-13,18H,10H2,1-3H3/t13-,18-/m0/s1. The third-order valence-corrected chi connectivity index (χ3v) is 5.33. The lowest BCUT2D eigenvalue weighted by molar-refractivity contribution is -0.145. The third-order valence-electron chi connectivity index (χ3n) is 5.09. The number of hydrogen-bond donors (Lipinski definition) is 0. The highest BCUT2D eigenvalue weighted by Gasteiger charge is 2.30. The van der Waals surface area contributed by atoms with Crippen LogP contribution in [0.1, 0.15) is 42.2 Å². The number of pyridine rings is 1. The molecule has 0 unspecified atom stereocenters. The lowest BCUT2D eigenvalue weighted by Gasteiger charge is -2.17. The summed E-state index contributed by atoms with van der Waals surface area (Å²) >= 11 is 6.34. The van der Waals surface area contributed by atoms with Crippen molar-refractivity contribution in [2.75, 3.05) is 7.11 Å². The molecule has 2 aromatic heterocycles.